The van der Waals surface area contributed by atoms with Crippen LogP contribution >= 0.6 is 11.6 Å². The van der Waals surface area contributed by atoms with Gasteiger partial charge in [-0.15, -0.1) is 0 Å². The maximum absolute atomic E-state index is 13.0. The number of carbonyl (C=O) groups is 1. The quantitative estimate of drug-likeness (QED) is 0.931. The molecular formula is C14H9ClF2O3. The molecule has 0 aromatic heterocycles. The van der Waals surface area contributed by atoms with E-state index in [0.29, 0.717) is 5.02 Å². The SMILES string of the molecule is O=C(O)c1ccc(Cl)cc1OCc1cc(F)cc(F)c1. The van der Waals surface area contributed by atoms with Gasteiger partial charge in [0, 0.05) is 11.1 Å². The zero-order valence-electron chi connectivity index (χ0n) is 10.1. The van der Waals surface area contributed by atoms with E-state index in [0.717, 1.165) is 18.2 Å². The Bertz CT molecular complexity index is 639. The first-order valence-electron chi connectivity index (χ1n) is 5.56. The van der Waals surface area contributed by atoms with Gasteiger partial charge in [-0.25, -0.2) is 13.6 Å². The molecule has 3 nitrogen and oxygen atoms in total. The van der Waals surface area contributed by atoms with E-state index in [1.807, 2.05) is 0 Å². The minimum absolute atomic E-state index is 0.0367. The number of hydrogen-bond donors (Lipinski definition) is 1. The van der Waals surface area contributed by atoms with E-state index in [1.54, 1.807) is 0 Å². The molecule has 2 aromatic rings. The second-order valence-corrected chi connectivity index (χ2v) is 4.45. The van der Waals surface area contributed by atoms with Gasteiger partial charge in [-0.2, -0.15) is 0 Å². The molecule has 0 aliphatic rings. The van der Waals surface area contributed by atoms with Crippen LogP contribution in [0.15, 0.2) is 36.4 Å². The molecule has 104 valence electrons. The Balaban J connectivity index is 2.22. The Morgan fingerprint density at radius 2 is 1.80 bits per heavy atom. The molecule has 0 spiro atoms. The van der Waals surface area contributed by atoms with E-state index >= 15 is 0 Å². The third kappa shape index (κ3) is 3.45. The van der Waals surface area contributed by atoms with Crippen LogP contribution in [0.1, 0.15) is 15.9 Å². The van der Waals surface area contributed by atoms with Gasteiger partial charge in [-0.1, -0.05) is 11.6 Å². The minimum atomic E-state index is -1.18. The van der Waals surface area contributed by atoms with Crippen molar-refractivity contribution < 1.29 is 23.4 Å². The fourth-order valence-corrected chi connectivity index (χ4v) is 1.81. The fourth-order valence-electron chi connectivity index (χ4n) is 1.65. The molecule has 0 saturated carbocycles. The van der Waals surface area contributed by atoms with Crippen molar-refractivity contribution >= 4 is 17.6 Å². The second-order valence-electron chi connectivity index (χ2n) is 4.01. The highest BCUT2D eigenvalue weighted by Crippen LogP contribution is 2.24. The molecule has 0 unspecified atom stereocenters. The maximum Gasteiger partial charge on any atom is 0.339 e. The molecule has 6 heteroatoms. The van der Waals surface area contributed by atoms with E-state index in [2.05, 4.69) is 0 Å². The van der Waals surface area contributed by atoms with Crippen molar-refractivity contribution in [3.63, 3.8) is 0 Å². The lowest BCUT2D eigenvalue weighted by Crippen LogP contribution is -2.04. The van der Waals surface area contributed by atoms with Gasteiger partial charge in [-0.3, -0.25) is 0 Å². The van der Waals surface area contributed by atoms with Gasteiger partial charge in [-0.05, 0) is 35.9 Å². The molecule has 0 bridgehead atoms. The van der Waals surface area contributed by atoms with Gasteiger partial charge in [0.15, 0.2) is 0 Å². The summed E-state index contributed by atoms with van der Waals surface area (Å²) in [5, 5.41) is 9.30. The summed E-state index contributed by atoms with van der Waals surface area (Å²) in [6.45, 7) is -0.171. The monoisotopic (exact) mass is 298 g/mol. The third-order valence-corrected chi connectivity index (χ3v) is 2.73. The average Bonchev–Trinajstić information content (AvgIpc) is 2.35. The topological polar surface area (TPSA) is 46.5 Å². The number of carboxylic acid groups (broad SMARTS) is 1. The smallest absolute Gasteiger partial charge is 0.339 e. The number of ether oxygens (including phenoxy) is 1. The number of benzene rings is 2. The van der Waals surface area contributed by atoms with Crippen LogP contribution in [0.3, 0.4) is 0 Å². The standard InChI is InChI=1S/C14H9ClF2O3/c15-9-1-2-12(14(18)19)13(5-9)20-7-8-3-10(16)6-11(17)4-8/h1-6H,7H2,(H,18,19). The lowest BCUT2D eigenvalue weighted by molar-refractivity contribution is 0.0691. The molecule has 0 aliphatic heterocycles. The zero-order valence-corrected chi connectivity index (χ0v) is 10.8. The first kappa shape index (κ1) is 14.3. The summed E-state index contributed by atoms with van der Waals surface area (Å²) < 4.78 is 31.3. The second kappa shape index (κ2) is 5.88. The molecular weight excluding hydrogens is 290 g/mol. The van der Waals surface area contributed by atoms with Gasteiger partial charge in [0.2, 0.25) is 0 Å². The highest BCUT2D eigenvalue weighted by molar-refractivity contribution is 6.30. The molecule has 2 aromatic carbocycles. The summed E-state index contributed by atoms with van der Waals surface area (Å²) in [5.74, 6) is -2.60. The lowest BCUT2D eigenvalue weighted by Gasteiger charge is -2.10. The number of rotatable bonds is 4. The zero-order chi connectivity index (χ0) is 14.7. The third-order valence-electron chi connectivity index (χ3n) is 2.49. The van der Waals surface area contributed by atoms with Crippen molar-refractivity contribution in [2.24, 2.45) is 0 Å². The van der Waals surface area contributed by atoms with Gasteiger partial charge in [0.05, 0.1) is 0 Å². The first-order chi connectivity index (χ1) is 9.45. The van der Waals surface area contributed by atoms with Crippen LogP contribution in [-0.4, -0.2) is 11.1 Å². The minimum Gasteiger partial charge on any atom is -0.488 e. The van der Waals surface area contributed by atoms with Crippen LogP contribution in [0, 0.1) is 11.6 Å². The molecule has 0 fully saturated rings. The summed E-state index contributed by atoms with van der Waals surface area (Å²) in [7, 11) is 0. The molecule has 2 rings (SSSR count). The number of halogens is 3. The van der Waals surface area contributed by atoms with Crippen molar-refractivity contribution in [3.8, 4) is 5.75 Å². The molecule has 20 heavy (non-hydrogen) atoms. The van der Waals surface area contributed by atoms with E-state index in [4.69, 9.17) is 21.4 Å². The summed E-state index contributed by atoms with van der Waals surface area (Å²) >= 11 is 5.76. The first-order valence-corrected chi connectivity index (χ1v) is 5.94. The molecule has 0 heterocycles. The Labute approximate surface area is 118 Å². The Kier molecular flexibility index (Phi) is 4.20. The van der Waals surface area contributed by atoms with Crippen LogP contribution < -0.4 is 4.74 Å². The Morgan fingerprint density at radius 1 is 1.15 bits per heavy atom. The molecule has 0 saturated heterocycles. The molecule has 0 atom stereocenters. The van der Waals surface area contributed by atoms with E-state index in [1.165, 1.54) is 18.2 Å². The largest absolute Gasteiger partial charge is 0.488 e. The van der Waals surface area contributed by atoms with Gasteiger partial charge in [0.25, 0.3) is 0 Å². The van der Waals surface area contributed by atoms with Crippen LogP contribution in [0.2, 0.25) is 5.02 Å². The highest BCUT2D eigenvalue weighted by Gasteiger charge is 2.12. The summed E-state index contributed by atoms with van der Waals surface area (Å²) in [5.41, 5.74) is 0.171. The maximum atomic E-state index is 13.0. The van der Waals surface area contributed by atoms with Crippen molar-refractivity contribution in [2.45, 2.75) is 6.61 Å². The average molecular weight is 299 g/mol. The molecule has 0 aliphatic carbocycles. The Hall–Kier alpha value is -2.14. The summed E-state index contributed by atoms with van der Waals surface area (Å²) in [6.07, 6.45) is 0. The van der Waals surface area contributed by atoms with E-state index in [9.17, 15) is 13.6 Å². The molecule has 0 radical (unpaired) electrons. The van der Waals surface area contributed by atoms with Crippen LogP contribution in [0.4, 0.5) is 8.78 Å². The number of hydrogen-bond acceptors (Lipinski definition) is 2. The van der Waals surface area contributed by atoms with Crippen LogP contribution in [0.5, 0.6) is 5.75 Å². The van der Waals surface area contributed by atoms with E-state index < -0.39 is 17.6 Å². The van der Waals surface area contributed by atoms with Crippen LogP contribution in [-0.2, 0) is 6.61 Å². The predicted octanol–water partition coefficient (Wildman–Crippen LogP) is 3.90. The summed E-state index contributed by atoms with van der Waals surface area (Å²) in [4.78, 5) is 11.0. The number of carboxylic acids is 1. The van der Waals surface area contributed by atoms with Gasteiger partial charge in [0.1, 0.15) is 29.6 Å². The van der Waals surface area contributed by atoms with Gasteiger partial charge >= 0.3 is 5.97 Å². The van der Waals surface area contributed by atoms with Crippen molar-refractivity contribution in [3.05, 3.63) is 64.2 Å². The number of aromatic carboxylic acids is 1. The molecule has 0 amide bonds. The Morgan fingerprint density at radius 3 is 2.40 bits per heavy atom. The normalized spacial score (nSPS) is 10.3. The van der Waals surface area contributed by atoms with Crippen molar-refractivity contribution in [2.75, 3.05) is 0 Å². The van der Waals surface area contributed by atoms with Gasteiger partial charge < -0.3 is 9.84 Å². The fraction of sp³-hybridized carbons (Fsp3) is 0.0714. The highest BCUT2D eigenvalue weighted by atomic mass is 35.5. The summed E-state index contributed by atoms with van der Waals surface area (Å²) in [6, 6.07) is 7.00. The van der Waals surface area contributed by atoms with Crippen molar-refractivity contribution in [1.29, 1.82) is 0 Å². The predicted molar refractivity (Wildman–Crippen MR) is 69.1 cm³/mol. The molecule has 1 N–H and O–H groups in total. The van der Waals surface area contributed by atoms with Crippen molar-refractivity contribution in [1.82, 2.24) is 0 Å². The van der Waals surface area contributed by atoms with Crippen LogP contribution in [0.25, 0.3) is 0 Å². The van der Waals surface area contributed by atoms with E-state index in [-0.39, 0.29) is 23.5 Å². The lowest BCUT2D eigenvalue weighted by atomic mass is 10.2.